The molecule has 2 rings (SSSR count). The van der Waals surface area contributed by atoms with Crippen LogP contribution in [0.3, 0.4) is 0 Å². The van der Waals surface area contributed by atoms with Gasteiger partial charge in [0, 0.05) is 24.0 Å². The van der Waals surface area contributed by atoms with Crippen LogP contribution in [0.5, 0.6) is 11.6 Å². The van der Waals surface area contributed by atoms with Crippen molar-refractivity contribution in [3.63, 3.8) is 0 Å². The number of nitrogens with zero attached hydrogens (tertiary/aromatic N) is 1. The third-order valence-corrected chi connectivity index (χ3v) is 2.55. The zero-order valence-corrected chi connectivity index (χ0v) is 10.2. The largest absolute Gasteiger partial charge is 0.437 e. The maximum absolute atomic E-state index is 12.3. The molecule has 0 unspecified atom stereocenters. The zero-order chi connectivity index (χ0) is 14.0. The van der Waals surface area contributed by atoms with Crippen LogP contribution in [0.2, 0.25) is 5.02 Å². The van der Waals surface area contributed by atoms with Crippen LogP contribution in [0.15, 0.2) is 36.5 Å². The minimum Gasteiger partial charge on any atom is -0.437 e. The molecule has 0 saturated heterocycles. The summed E-state index contributed by atoms with van der Waals surface area (Å²) in [4.78, 5) is 3.57. The lowest BCUT2D eigenvalue weighted by Gasteiger charge is -2.09. The summed E-state index contributed by atoms with van der Waals surface area (Å²) in [5, 5.41) is 0.288. The Hall–Kier alpha value is -1.95. The second-order valence-corrected chi connectivity index (χ2v) is 4.08. The van der Waals surface area contributed by atoms with Gasteiger partial charge >= 0.3 is 6.18 Å². The van der Waals surface area contributed by atoms with Crippen molar-refractivity contribution < 1.29 is 17.9 Å². The van der Waals surface area contributed by atoms with E-state index >= 15 is 0 Å². The molecule has 0 atom stereocenters. The fourth-order valence-corrected chi connectivity index (χ4v) is 1.48. The molecule has 3 nitrogen and oxygen atoms in total. The Morgan fingerprint density at radius 3 is 2.47 bits per heavy atom. The smallest absolute Gasteiger partial charge is 0.417 e. The number of benzene rings is 1. The normalized spacial score (nSPS) is 11.4. The lowest BCUT2D eigenvalue weighted by Crippen LogP contribution is -2.05. The number of hydrogen-bond acceptors (Lipinski definition) is 3. The highest BCUT2D eigenvalue weighted by atomic mass is 35.5. The molecule has 1 aromatic heterocycles. The number of anilines is 1. The van der Waals surface area contributed by atoms with Crippen LogP contribution in [-0.4, -0.2) is 4.98 Å². The van der Waals surface area contributed by atoms with Crippen LogP contribution in [0.4, 0.5) is 18.9 Å². The number of halogens is 4. The lowest BCUT2D eigenvalue weighted by molar-refractivity contribution is -0.137. The lowest BCUT2D eigenvalue weighted by atomic mass is 10.3. The molecular weight excluding hydrogens is 281 g/mol. The monoisotopic (exact) mass is 288 g/mol. The van der Waals surface area contributed by atoms with Crippen LogP contribution in [0.25, 0.3) is 0 Å². The number of pyridine rings is 1. The van der Waals surface area contributed by atoms with E-state index in [0.29, 0.717) is 11.9 Å². The molecule has 7 heteroatoms. The highest BCUT2D eigenvalue weighted by molar-refractivity contribution is 6.32. The standard InChI is InChI=1S/C12H8ClF3N2O/c13-9-3-2-8(17)5-10(9)19-11-4-1-7(6-18-11)12(14,15)16/h1-6H,17H2. The van der Waals surface area contributed by atoms with Crippen molar-refractivity contribution in [2.45, 2.75) is 6.18 Å². The fraction of sp³-hybridized carbons (Fsp3) is 0.0833. The molecule has 0 aliphatic rings. The summed E-state index contributed by atoms with van der Waals surface area (Å²) in [6, 6.07) is 6.55. The predicted octanol–water partition coefficient (Wildman–Crippen LogP) is 4.13. The Morgan fingerprint density at radius 1 is 1.16 bits per heavy atom. The first-order valence-corrected chi connectivity index (χ1v) is 5.50. The molecule has 0 fully saturated rings. The molecule has 0 saturated carbocycles. The van der Waals surface area contributed by atoms with Crippen LogP contribution in [-0.2, 0) is 6.18 Å². The summed E-state index contributed by atoms with van der Waals surface area (Å²) in [6.07, 6.45) is -3.74. The maximum Gasteiger partial charge on any atom is 0.417 e. The van der Waals surface area contributed by atoms with Gasteiger partial charge in [-0.05, 0) is 18.2 Å². The topological polar surface area (TPSA) is 48.1 Å². The predicted molar refractivity (Wildman–Crippen MR) is 65.2 cm³/mol. The van der Waals surface area contributed by atoms with Crippen LogP contribution < -0.4 is 10.5 Å². The van der Waals surface area contributed by atoms with E-state index in [1.165, 1.54) is 12.1 Å². The van der Waals surface area contributed by atoms with Gasteiger partial charge in [0.15, 0.2) is 0 Å². The number of nitrogen functional groups attached to an aromatic ring is 1. The molecule has 0 radical (unpaired) electrons. The quantitative estimate of drug-likeness (QED) is 0.845. The van der Waals surface area contributed by atoms with Crippen molar-refractivity contribution >= 4 is 17.3 Å². The van der Waals surface area contributed by atoms with Crippen LogP contribution >= 0.6 is 11.6 Å². The minimum absolute atomic E-state index is 0.000463. The average Bonchev–Trinajstić information content (AvgIpc) is 2.33. The Kier molecular flexibility index (Phi) is 3.53. The van der Waals surface area contributed by atoms with E-state index in [4.69, 9.17) is 22.1 Å². The van der Waals surface area contributed by atoms with Crippen molar-refractivity contribution in [3.05, 3.63) is 47.1 Å². The average molecular weight is 289 g/mol. The highest BCUT2D eigenvalue weighted by Gasteiger charge is 2.30. The Balaban J connectivity index is 2.22. The van der Waals surface area contributed by atoms with Crippen molar-refractivity contribution in [1.29, 1.82) is 0 Å². The number of ether oxygens (including phenoxy) is 1. The van der Waals surface area contributed by atoms with Gasteiger partial charge in [-0.15, -0.1) is 0 Å². The van der Waals surface area contributed by atoms with E-state index in [1.807, 2.05) is 0 Å². The number of aromatic nitrogens is 1. The second kappa shape index (κ2) is 4.97. The van der Waals surface area contributed by atoms with E-state index in [9.17, 15) is 13.2 Å². The molecule has 0 spiro atoms. The van der Waals surface area contributed by atoms with Crippen molar-refractivity contribution in [2.24, 2.45) is 0 Å². The summed E-state index contributed by atoms with van der Waals surface area (Å²) in [7, 11) is 0. The van der Waals surface area contributed by atoms with Gasteiger partial charge in [0.25, 0.3) is 0 Å². The van der Waals surface area contributed by atoms with Gasteiger partial charge in [0.1, 0.15) is 5.75 Å². The van der Waals surface area contributed by atoms with Gasteiger partial charge in [0.05, 0.1) is 10.6 Å². The number of rotatable bonds is 2. The molecule has 0 aliphatic carbocycles. The van der Waals surface area contributed by atoms with Gasteiger partial charge in [0.2, 0.25) is 5.88 Å². The van der Waals surface area contributed by atoms with E-state index in [2.05, 4.69) is 4.98 Å². The van der Waals surface area contributed by atoms with Gasteiger partial charge in [-0.3, -0.25) is 0 Å². The van der Waals surface area contributed by atoms with E-state index < -0.39 is 11.7 Å². The molecule has 19 heavy (non-hydrogen) atoms. The third kappa shape index (κ3) is 3.29. The summed E-state index contributed by atoms with van der Waals surface area (Å²) in [5.41, 5.74) is 5.13. The second-order valence-electron chi connectivity index (χ2n) is 3.67. The van der Waals surface area contributed by atoms with Crippen LogP contribution in [0.1, 0.15) is 5.56 Å². The first-order chi connectivity index (χ1) is 8.86. The fourth-order valence-electron chi connectivity index (χ4n) is 1.32. The maximum atomic E-state index is 12.3. The third-order valence-electron chi connectivity index (χ3n) is 2.23. The van der Waals surface area contributed by atoms with E-state index in [-0.39, 0.29) is 16.7 Å². The Bertz CT molecular complexity index is 585. The summed E-state index contributed by atoms with van der Waals surface area (Å²) in [5.74, 6) is 0.231. The molecule has 100 valence electrons. The summed E-state index contributed by atoms with van der Waals surface area (Å²) in [6.45, 7) is 0. The molecule has 0 amide bonds. The Labute approximate surface area is 111 Å². The molecule has 2 N–H and O–H groups in total. The summed E-state index contributed by atoms with van der Waals surface area (Å²) >= 11 is 5.86. The first-order valence-electron chi connectivity index (χ1n) is 5.12. The number of nitrogens with two attached hydrogens (primary N) is 1. The van der Waals surface area contributed by atoms with Gasteiger partial charge in [-0.1, -0.05) is 11.6 Å². The highest BCUT2D eigenvalue weighted by Crippen LogP contribution is 2.32. The van der Waals surface area contributed by atoms with E-state index in [0.717, 1.165) is 12.1 Å². The molecule has 1 heterocycles. The summed E-state index contributed by atoms with van der Waals surface area (Å²) < 4.78 is 42.3. The Morgan fingerprint density at radius 2 is 1.89 bits per heavy atom. The molecule has 0 aliphatic heterocycles. The van der Waals surface area contributed by atoms with Gasteiger partial charge < -0.3 is 10.5 Å². The van der Waals surface area contributed by atoms with Crippen molar-refractivity contribution in [1.82, 2.24) is 4.98 Å². The van der Waals surface area contributed by atoms with Gasteiger partial charge in [-0.25, -0.2) is 4.98 Å². The van der Waals surface area contributed by atoms with Crippen molar-refractivity contribution in [2.75, 3.05) is 5.73 Å². The number of hydrogen-bond donors (Lipinski definition) is 1. The number of alkyl halides is 3. The van der Waals surface area contributed by atoms with Gasteiger partial charge in [-0.2, -0.15) is 13.2 Å². The molecule has 0 bridgehead atoms. The van der Waals surface area contributed by atoms with Crippen LogP contribution in [0, 0.1) is 0 Å². The zero-order valence-electron chi connectivity index (χ0n) is 9.41. The molecule has 1 aromatic carbocycles. The minimum atomic E-state index is -4.43. The SMILES string of the molecule is Nc1ccc(Cl)c(Oc2ccc(C(F)(F)F)cn2)c1. The molecule has 2 aromatic rings. The van der Waals surface area contributed by atoms with E-state index in [1.54, 1.807) is 6.07 Å². The first kappa shape index (κ1) is 13.5. The molecular formula is C12H8ClF3N2O. The van der Waals surface area contributed by atoms with Crippen molar-refractivity contribution in [3.8, 4) is 11.6 Å².